The molecule has 3 aromatic rings. The van der Waals surface area contributed by atoms with Crippen LogP contribution in [0, 0.1) is 18.3 Å². The smallest absolute Gasteiger partial charge is 0.114 e. The molecular weight excluding hydrogens is 246 g/mol. The van der Waals surface area contributed by atoms with Crippen LogP contribution < -0.4 is 0 Å². The highest BCUT2D eigenvalue weighted by molar-refractivity contribution is 5.82. The zero-order chi connectivity index (χ0) is 14.1. The minimum atomic E-state index is 0.633. The van der Waals surface area contributed by atoms with Gasteiger partial charge in [-0.15, -0.1) is 0 Å². The minimum absolute atomic E-state index is 0.633. The Morgan fingerprint density at radius 3 is 2.60 bits per heavy atom. The first kappa shape index (κ1) is 12.4. The SMILES string of the molecule is Cc1ccc(Cc2nc3c(C#N)cccc3n2C)cc1. The van der Waals surface area contributed by atoms with E-state index in [0.29, 0.717) is 5.56 Å². The fraction of sp³-hybridized carbons (Fsp3) is 0.176. The number of imidazole rings is 1. The van der Waals surface area contributed by atoms with Crippen molar-refractivity contribution in [3.05, 3.63) is 65.0 Å². The maximum absolute atomic E-state index is 9.16. The first-order valence-corrected chi connectivity index (χ1v) is 6.59. The summed E-state index contributed by atoms with van der Waals surface area (Å²) in [4.78, 5) is 4.64. The van der Waals surface area contributed by atoms with Crippen LogP contribution in [0.2, 0.25) is 0 Å². The normalized spacial score (nSPS) is 10.7. The van der Waals surface area contributed by atoms with Crippen LogP contribution in [-0.2, 0) is 13.5 Å². The third kappa shape index (κ3) is 2.06. The van der Waals surface area contributed by atoms with Crippen LogP contribution in [0.3, 0.4) is 0 Å². The maximum Gasteiger partial charge on any atom is 0.114 e. The molecule has 0 amide bonds. The van der Waals surface area contributed by atoms with Gasteiger partial charge in [-0.3, -0.25) is 0 Å². The fourth-order valence-electron chi connectivity index (χ4n) is 2.40. The standard InChI is InChI=1S/C17H15N3/c1-12-6-8-13(9-7-12)10-16-19-17-14(11-18)4-3-5-15(17)20(16)2/h3-9H,10H2,1-2H3. The van der Waals surface area contributed by atoms with Crippen molar-refractivity contribution >= 4 is 11.0 Å². The molecule has 0 aliphatic carbocycles. The summed E-state index contributed by atoms with van der Waals surface area (Å²) >= 11 is 0. The molecule has 0 fully saturated rings. The third-order valence-corrected chi connectivity index (χ3v) is 3.61. The Hall–Kier alpha value is -2.60. The second-order valence-electron chi connectivity index (χ2n) is 5.03. The van der Waals surface area contributed by atoms with E-state index in [1.807, 2.05) is 25.2 Å². The van der Waals surface area contributed by atoms with Gasteiger partial charge in [0.2, 0.25) is 0 Å². The monoisotopic (exact) mass is 261 g/mol. The molecule has 0 bridgehead atoms. The number of benzene rings is 2. The summed E-state index contributed by atoms with van der Waals surface area (Å²) in [5.74, 6) is 0.978. The molecule has 0 unspecified atom stereocenters. The maximum atomic E-state index is 9.16. The van der Waals surface area contributed by atoms with Gasteiger partial charge >= 0.3 is 0 Å². The second kappa shape index (κ2) is 4.82. The number of hydrogen-bond donors (Lipinski definition) is 0. The lowest BCUT2D eigenvalue weighted by atomic mass is 10.1. The summed E-state index contributed by atoms with van der Waals surface area (Å²) in [5, 5.41) is 9.16. The van der Waals surface area contributed by atoms with Crippen molar-refractivity contribution in [1.29, 1.82) is 5.26 Å². The molecule has 0 spiro atoms. The highest BCUT2D eigenvalue weighted by Crippen LogP contribution is 2.20. The van der Waals surface area contributed by atoms with E-state index in [1.54, 1.807) is 0 Å². The highest BCUT2D eigenvalue weighted by atomic mass is 15.1. The van der Waals surface area contributed by atoms with E-state index in [4.69, 9.17) is 5.26 Å². The Bertz CT molecular complexity index is 805. The second-order valence-corrected chi connectivity index (χ2v) is 5.03. The van der Waals surface area contributed by atoms with Crippen LogP contribution in [0.4, 0.5) is 0 Å². The van der Waals surface area contributed by atoms with Gasteiger partial charge in [-0.25, -0.2) is 4.98 Å². The lowest BCUT2D eigenvalue weighted by Crippen LogP contribution is -1.98. The van der Waals surface area contributed by atoms with Gasteiger partial charge in [0.05, 0.1) is 11.1 Å². The first-order valence-electron chi connectivity index (χ1n) is 6.59. The molecule has 3 nitrogen and oxygen atoms in total. The Kier molecular flexibility index (Phi) is 3.00. The van der Waals surface area contributed by atoms with E-state index in [2.05, 4.69) is 46.8 Å². The van der Waals surface area contributed by atoms with Crippen LogP contribution >= 0.6 is 0 Å². The van der Waals surface area contributed by atoms with Crippen LogP contribution in [0.15, 0.2) is 42.5 Å². The number of aromatic nitrogens is 2. The van der Waals surface area contributed by atoms with Crippen molar-refractivity contribution in [3.63, 3.8) is 0 Å². The van der Waals surface area contributed by atoms with Gasteiger partial charge < -0.3 is 4.57 Å². The Balaban J connectivity index is 2.06. The molecule has 98 valence electrons. The van der Waals surface area contributed by atoms with E-state index < -0.39 is 0 Å². The van der Waals surface area contributed by atoms with Gasteiger partial charge in [-0.05, 0) is 24.6 Å². The average molecular weight is 261 g/mol. The van der Waals surface area contributed by atoms with Crippen molar-refractivity contribution in [2.45, 2.75) is 13.3 Å². The van der Waals surface area contributed by atoms with E-state index in [-0.39, 0.29) is 0 Å². The quantitative estimate of drug-likeness (QED) is 0.710. The molecule has 20 heavy (non-hydrogen) atoms. The predicted molar refractivity (Wildman–Crippen MR) is 79.4 cm³/mol. The summed E-state index contributed by atoms with van der Waals surface area (Å²) < 4.78 is 2.07. The van der Waals surface area contributed by atoms with E-state index in [0.717, 1.165) is 23.3 Å². The molecule has 0 atom stereocenters. The molecule has 1 aromatic heterocycles. The van der Waals surface area contributed by atoms with Crippen molar-refractivity contribution < 1.29 is 0 Å². The molecule has 0 saturated heterocycles. The fourth-order valence-corrected chi connectivity index (χ4v) is 2.40. The van der Waals surface area contributed by atoms with Crippen LogP contribution in [-0.4, -0.2) is 9.55 Å². The Labute approximate surface area is 118 Å². The molecule has 3 rings (SSSR count). The number of nitriles is 1. The van der Waals surface area contributed by atoms with Crippen LogP contribution in [0.5, 0.6) is 0 Å². The van der Waals surface area contributed by atoms with E-state index in [9.17, 15) is 0 Å². The molecule has 0 saturated carbocycles. The number of nitrogens with zero attached hydrogens (tertiary/aromatic N) is 3. The highest BCUT2D eigenvalue weighted by Gasteiger charge is 2.11. The van der Waals surface area contributed by atoms with Crippen LogP contribution in [0.25, 0.3) is 11.0 Å². The third-order valence-electron chi connectivity index (χ3n) is 3.61. The van der Waals surface area contributed by atoms with Gasteiger partial charge in [0.1, 0.15) is 17.4 Å². The summed E-state index contributed by atoms with van der Waals surface area (Å²) in [6.45, 7) is 2.08. The van der Waals surface area contributed by atoms with Gasteiger partial charge in [-0.2, -0.15) is 5.26 Å². The van der Waals surface area contributed by atoms with E-state index in [1.165, 1.54) is 11.1 Å². The number of rotatable bonds is 2. The first-order chi connectivity index (χ1) is 9.69. The molecule has 0 aliphatic rings. The minimum Gasteiger partial charge on any atom is -0.331 e. The van der Waals surface area contributed by atoms with Crippen molar-refractivity contribution in [1.82, 2.24) is 9.55 Å². The summed E-state index contributed by atoms with van der Waals surface area (Å²) in [5.41, 5.74) is 4.91. The molecule has 0 N–H and O–H groups in total. The molecule has 3 heteroatoms. The van der Waals surface area contributed by atoms with Crippen molar-refractivity contribution in [2.24, 2.45) is 7.05 Å². The van der Waals surface area contributed by atoms with Gasteiger partial charge in [0.15, 0.2) is 0 Å². The number of hydrogen-bond acceptors (Lipinski definition) is 2. The lowest BCUT2D eigenvalue weighted by molar-refractivity contribution is 0.844. The molecule has 2 aromatic carbocycles. The zero-order valence-corrected chi connectivity index (χ0v) is 11.6. The number of fused-ring (bicyclic) bond motifs is 1. The summed E-state index contributed by atoms with van der Waals surface area (Å²) in [6.07, 6.45) is 0.774. The van der Waals surface area contributed by atoms with E-state index >= 15 is 0 Å². The number of para-hydroxylation sites is 1. The average Bonchev–Trinajstić information content (AvgIpc) is 2.78. The molecule has 0 radical (unpaired) electrons. The largest absolute Gasteiger partial charge is 0.331 e. The Morgan fingerprint density at radius 2 is 1.90 bits per heavy atom. The lowest BCUT2D eigenvalue weighted by Gasteiger charge is -2.03. The van der Waals surface area contributed by atoms with Gasteiger partial charge in [0, 0.05) is 13.5 Å². The Morgan fingerprint density at radius 1 is 1.15 bits per heavy atom. The van der Waals surface area contributed by atoms with Crippen LogP contribution in [0.1, 0.15) is 22.5 Å². The number of aryl methyl sites for hydroxylation is 2. The molecule has 1 heterocycles. The zero-order valence-electron chi connectivity index (χ0n) is 11.6. The predicted octanol–water partition coefficient (Wildman–Crippen LogP) is 3.34. The molecular formula is C17H15N3. The van der Waals surface area contributed by atoms with Gasteiger partial charge in [-0.1, -0.05) is 35.9 Å². The molecule has 0 aliphatic heterocycles. The topological polar surface area (TPSA) is 41.6 Å². The van der Waals surface area contributed by atoms with Crippen molar-refractivity contribution in [2.75, 3.05) is 0 Å². The summed E-state index contributed by atoms with van der Waals surface area (Å²) in [7, 11) is 2.00. The van der Waals surface area contributed by atoms with Crippen molar-refractivity contribution in [3.8, 4) is 6.07 Å². The summed E-state index contributed by atoms with van der Waals surface area (Å²) in [6, 6.07) is 16.4. The van der Waals surface area contributed by atoms with Gasteiger partial charge in [0.25, 0.3) is 0 Å².